The lowest BCUT2D eigenvalue weighted by Crippen LogP contribution is -2.28. The summed E-state index contributed by atoms with van der Waals surface area (Å²) < 4.78 is 0. The normalized spacial score (nSPS) is 19.3. The zero-order valence-electron chi connectivity index (χ0n) is 15.6. The second-order valence-corrected chi connectivity index (χ2v) is 6.86. The number of anilines is 1. The summed E-state index contributed by atoms with van der Waals surface area (Å²) >= 11 is 0. The van der Waals surface area contributed by atoms with Gasteiger partial charge in [0.2, 0.25) is 0 Å². The third-order valence-corrected chi connectivity index (χ3v) is 5.08. The van der Waals surface area contributed by atoms with Crippen molar-refractivity contribution in [3.63, 3.8) is 0 Å². The van der Waals surface area contributed by atoms with Gasteiger partial charge in [-0.1, -0.05) is 24.3 Å². The highest BCUT2D eigenvalue weighted by Gasteiger charge is 2.29. The monoisotopic (exact) mass is 374 g/mol. The second-order valence-electron chi connectivity index (χ2n) is 6.86. The lowest BCUT2D eigenvalue weighted by molar-refractivity contribution is 0.100. The van der Waals surface area contributed by atoms with Crippen LogP contribution in [0.2, 0.25) is 0 Å². The first-order valence-corrected chi connectivity index (χ1v) is 9.20. The van der Waals surface area contributed by atoms with E-state index in [4.69, 9.17) is 5.73 Å². The van der Waals surface area contributed by atoms with E-state index in [1.165, 1.54) is 11.9 Å². The number of para-hydroxylation sites is 1. The van der Waals surface area contributed by atoms with Crippen molar-refractivity contribution in [2.75, 3.05) is 25.5 Å². The minimum Gasteiger partial charge on any atom is -0.366 e. The summed E-state index contributed by atoms with van der Waals surface area (Å²) in [4.78, 5) is 24.5. The highest BCUT2D eigenvalue weighted by molar-refractivity contribution is 6.06. The Labute approximate surface area is 163 Å². The van der Waals surface area contributed by atoms with Gasteiger partial charge in [-0.25, -0.2) is 9.97 Å². The predicted octanol–water partition coefficient (Wildman–Crippen LogP) is 1.94. The number of nitrogens with zero attached hydrogens (tertiary/aromatic N) is 3. The summed E-state index contributed by atoms with van der Waals surface area (Å²) in [5.74, 6) is 0.498. The van der Waals surface area contributed by atoms with E-state index >= 15 is 0 Å². The van der Waals surface area contributed by atoms with E-state index in [-0.39, 0.29) is 12.0 Å². The number of fused-ring (bicyclic) bond motifs is 1. The van der Waals surface area contributed by atoms with Crippen molar-refractivity contribution in [1.29, 1.82) is 0 Å². The fourth-order valence-electron chi connectivity index (χ4n) is 3.78. The number of carbonyl (C=O) groups is 1. The lowest BCUT2D eigenvalue weighted by Gasteiger charge is -2.22. The average Bonchev–Trinajstić information content (AvgIpc) is 3.16. The minimum atomic E-state index is -0.495. The summed E-state index contributed by atoms with van der Waals surface area (Å²) in [5.41, 5.74) is 8.79. The van der Waals surface area contributed by atoms with Crippen LogP contribution in [0.1, 0.15) is 27.4 Å². The number of nitrogens with two attached hydrogens (primary N) is 1. The Kier molecular flexibility index (Phi) is 4.99. The van der Waals surface area contributed by atoms with Crippen molar-refractivity contribution in [3.05, 3.63) is 65.5 Å². The van der Waals surface area contributed by atoms with Crippen LogP contribution in [0.3, 0.4) is 0 Å². The molecule has 1 aliphatic rings. The number of primary amides is 1. The largest absolute Gasteiger partial charge is 0.366 e. The van der Waals surface area contributed by atoms with Crippen LogP contribution in [0, 0.1) is 0 Å². The number of rotatable bonds is 5. The van der Waals surface area contributed by atoms with Crippen molar-refractivity contribution in [1.82, 2.24) is 15.3 Å². The standard InChI is InChI=1S/C21H22N6O/c1-23-9-13-4-2-5-14(8-13)17-10-24-11-18(17)27-21-16-7-3-6-15(20(22)28)19(16)25-12-26-21/h2-9,12,17-18,24H,10-11H2,1H3,(H2,22,28)(H,25,26,27)/t17-,18-/m0/s1. The number of hydrogen-bond donors (Lipinski definition) is 3. The van der Waals surface area contributed by atoms with Crippen molar-refractivity contribution in [3.8, 4) is 0 Å². The Balaban J connectivity index is 1.66. The quantitative estimate of drug-likeness (QED) is 0.592. The first-order valence-electron chi connectivity index (χ1n) is 9.20. The average molecular weight is 374 g/mol. The summed E-state index contributed by atoms with van der Waals surface area (Å²) in [7, 11) is 1.77. The zero-order valence-corrected chi connectivity index (χ0v) is 15.6. The molecule has 4 rings (SSSR count). The Hall–Kier alpha value is -3.32. The molecule has 2 heterocycles. The molecule has 3 aromatic rings. The highest BCUT2D eigenvalue weighted by Crippen LogP contribution is 2.28. The molecule has 0 radical (unpaired) electrons. The summed E-state index contributed by atoms with van der Waals surface area (Å²) in [5, 5.41) is 7.80. The van der Waals surface area contributed by atoms with E-state index in [0.717, 1.165) is 24.0 Å². The molecule has 1 saturated heterocycles. The van der Waals surface area contributed by atoms with Crippen molar-refractivity contribution in [2.45, 2.75) is 12.0 Å². The van der Waals surface area contributed by atoms with E-state index in [2.05, 4.69) is 43.8 Å². The topological polar surface area (TPSA) is 105 Å². The molecule has 2 aromatic carbocycles. The maximum atomic E-state index is 11.7. The van der Waals surface area contributed by atoms with E-state index in [1.54, 1.807) is 19.2 Å². The van der Waals surface area contributed by atoms with Crippen LogP contribution in [0.25, 0.3) is 10.9 Å². The van der Waals surface area contributed by atoms with Gasteiger partial charge in [0.15, 0.2) is 0 Å². The maximum absolute atomic E-state index is 11.7. The molecule has 7 nitrogen and oxygen atoms in total. The Morgan fingerprint density at radius 3 is 2.93 bits per heavy atom. The molecule has 0 saturated carbocycles. The number of hydrogen-bond acceptors (Lipinski definition) is 6. The molecular formula is C21H22N6O. The second kappa shape index (κ2) is 7.74. The molecule has 1 amide bonds. The molecule has 1 fully saturated rings. The predicted molar refractivity (Wildman–Crippen MR) is 111 cm³/mol. The molecule has 1 aromatic heterocycles. The van der Waals surface area contributed by atoms with Crippen LogP contribution in [-0.4, -0.2) is 48.3 Å². The molecule has 2 atom stereocenters. The van der Waals surface area contributed by atoms with Crippen molar-refractivity contribution in [2.24, 2.45) is 10.7 Å². The highest BCUT2D eigenvalue weighted by atomic mass is 16.1. The Morgan fingerprint density at radius 2 is 2.11 bits per heavy atom. The van der Waals surface area contributed by atoms with Gasteiger partial charge >= 0.3 is 0 Å². The van der Waals surface area contributed by atoms with Gasteiger partial charge in [0, 0.05) is 43.7 Å². The molecule has 28 heavy (non-hydrogen) atoms. The van der Waals surface area contributed by atoms with Gasteiger partial charge in [-0.15, -0.1) is 0 Å². The van der Waals surface area contributed by atoms with Gasteiger partial charge in [0.05, 0.1) is 11.1 Å². The van der Waals surface area contributed by atoms with E-state index in [0.29, 0.717) is 16.9 Å². The van der Waals surface area contributed by atoms with Gasteiger partial charge < -0.3 is 16.4 Å². The Bertz CT molecular complexity index is 1050. The van der Waals surface area contributed by atoms with Gasteiger partial charge in [-0.3, -0.25) is 9.79 Å². The number of nitrogens with one attached hydrogen (secondary N) is 2. The van der Waals surface area contributed by atoms with E-state index in [1.807, 2.05) is 18.3 Å². The molecule has 0 aliphatic carbocycles. The molecule has 4 N–H and O–H groups in total. The Morgan fingerprint density at radius 1 is 1.25 bits per heavy atom. The molecule has 0 unspecified atom stereocenters. The molecule has 142 valence electrons. The molecule has 0 spiro atoms. The van der Waals surface area contributed by atoms with E-state index in [9.17, 15) is 4.79 Å². The van der Waals surface area contributed by atoms with Crippen LogP contribution >= 0.6 is 0 Å². The summed E-state index contributed by atoms with van der Waals surface area (Å²) in [6, 6.07) is 14.0. The van der Waals surface area contributed by atoms with Gasteiger partial charge in [-0.2, -0.15) is 0 Å². The minimum absolute atomic E-state index is 0.157. The first kappa shape index (κ1) is 18.1. The fraction of sp³-hybridized carbons (Fsp3) is 0.238. The third kappa shape index (κ3) is 3.44. The van der Waals surface area contributed by atoms with Crippen molar-refractivity contribution >= 4 is 28.8 Å². The van der Waals surface area contributed by atoms with Crippen LogP contribution in [0.5, 0.6) is 0 Å². The molecule has 0 bridgehead atoms. The third-order valence-electron chi connectivity index (χ3n) is 5.08. The molecule has 1 aliphatic heterocycles. The molecular weight excluding hydrogens is 352 g/mol. The number of amides is 1. The first-order chi connectivity index (χ1) is 13.7. The van der Waals surface area contributed by atoms with Crippen LogP contribution in [-0.2, 0) is 0 Å². The SMILES string of the molecule is CN=Cc1cccc([C@@H]2CNC[C@@H]2Nc2ncnc3c(C(N)=O)cccc23)c1. The maximum Gasteiger partial charge on any atom is 0.250 e. The number of carbonyl (C=O) groups excluding carboxylic acids is 1. The van der Waals surface area contributed by atoms with E-state index < -0.39 is 5.91 Å². The van der Waals surface area contributed by atoms with Gasteiger partial charge in [0.1, 0.15) is 12.1 Å². The van der Waals surface area contributed by atoms with Crippen LogP contribution in [0.15, 0.2) is 53.8 Å². The molecule has 7 heteroatoms. The van der Waals surface area contributed by atoms with Gasteiger partial charge in [0.25, 0.3) is 5.91 Å². The zero-order chi connectivity index (χ0) is 19.5. The van der Waals surface area contributed by atoms with Gasteiger partial charge in [-0.05, 0) is 29.3 Å². The smallest absolute Gasteiger partial charge is 0.250 e. The number of benzene rings is 2. The number of aromatic nitrogens is 2. The number of aliphatic imine (C=N–C) groups is 1. The fourth-order valence-corrected chi connectivity index (χ4v) is 3.78. The van der Waals surface area contributed by atoms with Crippen LogP contribution in [0.4, 0.5) is 5.82 Å². The van der Waals surface area contributed by atoms with Crippen LogP contribution < -0.4 is 16.4 Å². The summed E-state index contributed by atoms with van der Waals surface area (Å²) in [6.45, 7) is 1.69. The summed E-state index contributed by atoms with van der Waals surface area (Å²) in [6.07, 6.45) is 3.32. The lowest BCUT2D eigenvalue weighted by atomic mass is 9.93. The van der Waals surface area contributed by atoms with Crippen molar-refractivity contribution < 1.29 is 4.79 Å².